The van der Waals surface area contributed by atoms with Crippen LogP contribution in [-0.4, -0.2) is 108 Å². The van der Waals surface area contributed by atoms with Gasteiger partial charge in [-0.1, -0.05) is 84.4 Å². The topological polar surface area (TPSA) is 194 Å². The van der Waals surface area contributed by atoms with E-state index in [-0.39, 0.29) is 49.2 Å². The minimum absolute atomic E-state index is 0.00597. The highest BCUT2D eigenvalue weighted by Crippen LogP contribution is 2.30. The Bertz CT molecular complexity index is 1590. The van der Waals surface area contributed by atoms with Gasteiger partial charge in [-0.15, -0.1) is 0 Å². The molecule has 4 atom stereocenters. The van der Waals surface area contributed by atoms with Crippen molar-refractivity contribution in [3.05, 3.63) is 59.2 Å². The molecule has 14 nitrogen and oxygen atoms in total. The fourth-order valence-corrected chi connectivity index (χ4v) is 6.19. The van der Waals surface area contributed by atoms with Crippen LogP contribution in [0.25, 0.3) is 0 Å². The van der Waals surface area contributed by atoms with E-state index in [1.54, 1.807) is 20.2 Å². The van der Waals surface area contributed by atoms with E-state index in [9.17, 15) is 38.7 Å². The molecular weight excluding hydrogens is 680 g/mol. The van der Waals surface area contributed by atoms with Gasteiger partial charge in [0.2, 0.25) is 23.6 Å². The summed E-state index contributed by atoms with van der Waals surface area (Å²) < 4.78 is 0. The molecule has 0 fully saturated rings. The Labute approximate surface area is 313 Å². The summed E-state index contributed by atoms with van der Waals surface area (Å²) in [6.45, 7) is 16.8. The molecule has 2 rings (SSSR count). The normalized spacial score (nSPS) is 15.8. The van der Waals surface area contributed by atoms with Crippen molar-refractivity contribution in [2.24, 2.45) is 11.3 Å². The number of carboxylic acid groups (broad SMARTS) is 1. The van der Waals surface area contributed by atoms with Gasteiger partial charge < -0.3 is 31.3 Å². The van der Waals surface area contributed by atoms with Crippen LogP contribution in [-0.2, 0) is 39.0 Å². The molecule has 14 heteroatoms. The maximum absolute atomic E-state index is 14.2. The number of benzene rings is 1. The van der Waals surface area contributed by atoms with Gasteiger partial charge in [-0.3, -0.25) is 33.7 Å². The molecule has 1 aromatic carbocycles. The lowest BCUT2D eigenvalue weighted by atomic mass is 9.76. The summed E-state index contributed by atoms with van der Waals surface area (Å²) >= 11 is 0. The maximum Gasteiger partial charge on any atom is 0.326 e. The van der Waals surface area contributed by atoms with E-state index < -0.39 is 64.6 Å². The molecule has 0 saturated carbocycles. The van der Waals surface area contributed by atoms with Crippen molar-refractivity contribution in [2.75, 3.05) is 27.2 Å². The van der Waals surface area contributed by atoms with Crippen LogP contribution in [0.15, 0.2) is 48.1 Å². The second-order valence-electron chi connectivity index (χ2n) is 15.6. The number of aryl methyl sites for hydroxylation is 1. The lowest BCUT2D eigenvalue weighted by Gasteiger charge is -2.40. The molecule has 0 spiro atoms. The van der Waals surface area contributed by atoms with E-state index in [4.69, 9.17) is 0 Å². The number of rotatable bonds is 18. The number of hydrogen-bond acceptors (Lipinski definition) is 8. The van der Waals surface area contributed by atoms with Crippen molar-refractivity contribution in [2.45, 2.75) is 105 Å². The number of amides is 6. The highest BCUT2D eigenvalue weighted by atomic mass is 16.4. The fraction of sp³-hybridized carbons (Fsp3) is 0.564. The van der Waals surface area contributed by atoms with E-state index in [1.165, 1.54) is 11.8 Å². The Hall–Kier alpha value is -4.85. The standard InChI is InChI=1S/C39H58N6O8/c1-23(2)28(22-25(4)34(49)42-27(37(52)53)15-16-29(46)41-19-20-45-30(47)17-18-31(45)48)44(11)36(51)33(38(5,6)7)43-35(50)32(40-10)39(8,9)26-14-12-13-24(3)21-26/h12-14,17-18,21-23,27-28,32-33,40H,15-16,19-20H2,1-11H3,(H,41,46)(H,42,49)(H,43,50)(H,52,53)/b25-22+/t27-,28-,32-,33?/m1/s1. The summed E-state index contributed by atoms with van der Waals surface area (Å²) in [4.78, 5) is 91.5. The lowest BCUT2D eigenvalue weighted by molar-refractivity contribution is -0.142. The minimum atomic E-state index is -1.39. The Morgan fingerprint density at radius 2 is 1.57 bits per heavy atom. The van der Waals surface area contributed by atoms with Gasteiger partial charge in [0.15, 0.2) is 0 Å². The Balaban J connectivity index is 2.15. The first-order valence-corrected chi connectivity index (χ1v) is 17.9. The van der Waals surface area contributed by atoms with Crippen LogP contribution in [0, 0.1) is 18.3 Å². The molecule has 292 valence electrons. The first kappa shape index (κ1) is 44.3. The average Bonchev–Trinajstić information content (AvgIpc) is 3.38. The zero-order valence-corrected chi connectivity index (χ0v) is 33.0. The number of carbonyl (C=O) groups is 7. The predicted octanol–water partition coefficient (Wildman–Crippen LogP) is 2.21. The van der Waals surface area contributed by atoms with Gasteiger partial charge in [-0.25, -0.2) is 4.79 Å². The number of likely N-dealkylation sites (N-methyl/N-ethyl adjacent to an activating group) is 2. The number of hydrogen-bond donors (Lipinski definition) is 5. The van der Waals surface area contributed by atoms with Crippen LogP contribution in [0.5, 0.6) is 0 Å². The van der Waals surface area contributed by atoms with Crippen LogP contribution >= 0.6 is 0 Å². The number of imide groups is 1. The zero-order chi connectivity index (χ0) is 40.4. The van der Waals surface area contributed by atoms with Gasteiger partial charge in [-0.2, -0.15) is 0 Å². The largest absolute Gasteiger partial charge is 0.480 e. The summed E-state index contributed by atoms with van der Waals surface area (Å²) in [6.07, 6.45) is 3.42. The molecule has 6 amide bonds. The van der Waals surface area contributed by atoms with Crippen LogP contribution < -0.4 is 21.3 Å². The molecule has 1 aromatic rings. The number of aliphatic carboxylic acids is 1. The zero-order valence-electron chi connectivity index (χ0n) is 33.0. The summed E-state index contributed by atoms with van der Waals surface area (Å²) in [7, 11) is 3.32. The van der Waals surface area contributed by atoms with Crippen molar-refractivity contribution in [3.63, 3.8) is 0 Å². The molecule has 1 unspecified atom stereocenters. The molecule has 0 bridgehead atoms. The quantitative estimate of drug-likeness (QED) is 0.111. The van der Waals surface area contributed by atoms with Gasteiger partial charge in [0.25, 0.3) is 11.8 Å². The molecule has 0 saturated heterocycles. The number of carboxylic acids is 1. The van der Waals surface area contributed by atoms with E-state index >= 15 is 0 Å². The number of carbonyl (C=O) groups excluding carboxylic acids is 6. The average molecular weight is 739 g/mol. The van der Waals surface area contributed by atoms with Crippen LogP contribution in [0.2, 0.25) is 0 Å². The highest BCUT2D eigenvalue weighted by Gasteiger charge is 2.42. The second kappa shape index (κ2) is 18.8. The smallest absolute Gasteiger partial charge is 0.326 e. The SMILES string of the molecule is CN[C@H](C(=O)NC(C(=O)N(C)[C@H](/C=C(\C)C(=O)N[C@H](CCC(=O)NCCN1C(=O)C=CC1=O)C(=O)O)C(C)C)C(C)(C)C)C(C)(C)c1cccc(C)c1. The van der Waals surface area contributed by atoms with Crippen molar-refractivity contribution in [3.8, 4) is 0 Å². The fourth-order valence-electron chi connectivity index (χ4n) is 6.19. The van der Waals surface area contributed by atoms with Gasteiger partial charge in [-0.05, 0) is 44.2 Å². The molecule has 0 aliphatic carbocycles. The first-order chi connectivity index (χ1) is 24.5. The first-order valence-electron chi connectivity index (χ1n) is 17.9. The van der Waals surface area contributed by atoms with Crippen molar-refractivity contribution in [1.29, 1.82) is 0 Å². The molecule has 1 aliphatic rings. The van der Waals surface area contributed by atoms with Crippen molar-refractivity contribution in [1.82, 2.24) is 31.1 Å². The van der Waals surface area contributed by atoms with E-state index in [1.807, 2.05) is 79.7 Å². The Kier molecular flexibility index (Phi) is 15.7. The number of nitrogens with zero attached hydrogens (tertiary/aromatic N) is 2. The van der Waals surface area contributed by atoms with Crippen LogP contribution in [0.3, 0.4) is 0 Å². The monoisotopic (exact) mass is 738 g/mol. The Morgan fingerprint density at radius 3 is 2.08 bits per heavy atom. The third-order valence-electron chi connectivity index (χ3n) is 9.51. The lowest BCUT2D eigenvalue weighted by Crippen LogP contribution is -2.61. The van der Waals surface area contributed by atoms with Crippen molar-refractivity contribution < 1.29 is 38.7 Å². The molecule has 1 aliphatic heterocycles. The molecule has 53 heavy (non-hydrogen) atoms. The Morgan fingerprint density at radius 1 is 0.962 bits per heavy atom. The third kappa shape index (κ3) is 12.1. The van der Waals surface area contributed by atoms with Crippen LogP contribution in [0.1, 0.15) is 79.4 Å². The third-order valence-corrected chi connectivity index (χ3v) is 9.51. The molecular formula is C39H58N6O8. The minimum Gasteiger partial charge on any atom is -0.480 e. The second-order valence-corrected chi connectivity index (χ2v) is 15.6. The molecule has 0 aromatic heterocycles. The van der Waals surface area contributed by atoms with Gasteiger partial charge in [0, 0.05) is 49.7 Å². The van der Waals surface area contributed by atoms with E-state index in [2.05, 4.69) is 21.3 Å². The summed E-state index contributed by atoms with van der Waals surface area (Å²) in [5.74, 6) is -4.35. The van der Waals surface area contributed by atoms with E-state index in [0.29, 0.717) is 0 Å². The maximum atomic E-state index is 14.2. The number of nitrogens with one attached hydrogen (secondary N) is 4. The highest BCUT2D eigenvalue weighted by molar-refractivity contribution is 6.12. The van der Waals surface area contributed by atoms with Gasteiger partial charge >= 0.3 is 5.97 Å². The summed E-state index contributed by atoms with van der Waals surface area (Å²) in [5.41, 5.74) is 0.890. The van der Waals surface area contributed by atoms with E-state index in [0.717, 1.165) is 28.2 Å². The summed E-state index contributed by atoms with van der Waals surface area (Å²) in [5, 5.41) is 20.9. The molecule has 0 radical (unpaired) electrons. The van der Waals surface area contributed by atoms with Crippen molar-refractivity contribution >= 4 is 41.4 Å². The van der Waals surface area contributed by atoms with Crippen LogP contribution in [0.4, 0.5) is 0 Å². The summed E-state index contributed by atoms with van der Waals surface area (Å²) in [6, 6.07) is 4.37. The predicted molar refractivity (Wildman–Crippen MR) is 201 cm³/mol. The van der Waals surface area contributed by atoms with Gasteiger partial charge in [0.05, 0.1) is 12.1 Å². The van der Waals surface area contributed by atoms with Gasteiger partial charge in [0.1, 0.15) is 12.1 Å². The molecule has 1 heterocycles. The molecule has 5 N–H and O–H groups in total.